The van der Waals surface area contributed by atoms with Crippen LogP contribution in [0.2, 0.25) is 0 Å². The van der Waals surface area contributed by atoms with Crippen LogP contribution >= 0.6 is 0 Å². The Morgan fingerprint density at radius 3 is 1.33 bits per heavy atom. The van der Waals surface area contributed by atoms with Crippen molar-refractivity contribution in [3.63, 3.8) is 0 Å². The molecule has 4 heterocycles. The van der Waals surface area contributed by atoms with E-state index in [0.29, 0.717) is 62.2 Å². The van der Waals surface area contributed by atoms with Crippen LogP contribution in [0.3, 0.4) is 0 Å². The number of piperidine rings is 2. The highest BCUT2D eigenvalue weighted by molar-refractivity contribution is 7.87. The highest BCUT2D eigenvalue weighted by Gasteiger charge is 2.54. The van der Waals surface area contributed by atoms with Crippen LogP contribution in [-0.2, 0) is 39.7 Å². The Hall–Kier alpha value is -4.06. The molecule has 2 aromatic carbocycles. The van der Waals surface area contributed by atoms with E-state index in [9.17, 15) is 36.9 Å². The van der Waals surface area contributed by atoms with Crippen molar-refractivity contribution in [1.29, 1.82) is 10.5 Å². The first kappa shape index (κ1) is 43.6. The summed E-state index contributed by atoms with van der Waals surface area (Å²) in [7, 11) is -8.66. The van der Waals surface area contributed by atoms with E-state index in [1.807, 2.05) is 12.1 Å². The summed E-state index contributed by atoms with van der Waals surface area (Å²) in [5.41, 5.74) is 1.33. The average Bonchev–Trinajstić information content (AvgIpc) is 4.17. The van der Waals surface area contributed by atoms with Crippen LogP contribution in [0, 0.1) is 22.7 Å². The Kier molecular flexibility index (Phi) is 12.8. The van der Waals surface area contributed by atoms with E-state index < -0.39 is 49.9 Å². The Bertz CT molecular complexity index is 2040. The third-order valence-electron chi connectivity index (χ3n) is 13.5. The van der Waals surface area contributed by atoms with Gasteiger partial charge < -0.3 is 20.3 Å². The zero-order valence-electron chi connectivity index (χ0n) is 34.0. The number of carbonyl (C=O) groups excluding carboxylic acids is 2. The number of carbonyl (C=O) groups is 2. The van der Waals surface area contributed by atoms with Gasteiger partial charge in [0.15, 0.2) is 0 Å². The summed E-state index contributed by atoms with van der Waals surface area (Å²) in [6, 6.07) is 26.8. The second-order valence-electron chi connectivity index (χ2n) is 17.5. The van der Waals surface area contributed by atoms with Gasteiger partial charge in [-0.05, 0) is 59.4 Å². The molecule has 2 aromatic rings. The van der Waals surface area contributed by atoms with E-state index in [2.05, 4.69) is 90.8 Å². The van der Waals surface area contributed by atoms with E-state index in [4.69, 9.17) is 0 Å². The van der Waals surface area contributed by atoms with Gasteiger partial charge in [0.25, 0.3) is 0 Å². The van der Waals surface area contributed by atoms with Crippen molar-refractivity contribution >= 4 is 32.4 Å². The molecule has 0 bridgehead atoms. The van der Waals surface area contributed by atoms with Crippen LogP contribution in [0.25, 0.3) is 0 Å². The standard InChI is InChI=1S/C41H54N10O8S2/c42-17-15-40(48-19-11-32(12-20-48)44-36-23-34(36)30-7-3-1-4-8-30)26-50(27-40)60(54,55)46-58-38(52)25-39(53)59-47-61(56,57)51-28-41(29-51,16-18-43)49-21-13-33(14-22-49)45-37-24-35(37)31-9-5-2-6-10-31/h1-10,32-37,44-47H,11-16,19-29H2/t34-,35-,36+,37+/m0/s1. The van der Waals surface area contributed by atoms with Crippen molar-refractivity contribution in [2.75, 3.05) is 52.4 Å². The number of rotatable bonds is 18. The van der Waals surface area contributed by atoms with Crippen LogP contribution in [-0.4, -0.2) is 135 Å². The van der Waals surface area contributed by atoms with Crippen molar-refractivity contribution in [2.24, 2.45) is 0 Å². The van der Waals surface area contributed by atoms with Crippen molar-refractivity contribution < 1.29 is 36.1 Å². The third kappa shape index (κ3) is 9.94. The van der Waals surface area contributed by atoms with E-state index in [1.165, 1.54) is 11.1 Å². The Morgan fingerprint density at radius 1 is 0.623 bits per heavy atom. The highest BCUT2D eigenvalue weighted by Crippen LogP contribution is 2.43. The summed E-state index contributed by atoms with van der Waals surface area (Å²) in [5, 5.41) is 26.8. The molecule has 4 N–H and O–H groups in total. The fraction of sp³-hybridized carbons (Fsp3) is 0.610. The number of likely N-dealkylation sites (tertiary alicyclic amines) is 2. The molecule has 61 heavy (non-hydrogen) atoms. The molecule has 6 fully saturated rings. The molecule has 4 saturated heterocycles. The lowest BCUT2D eigenvalue weighted by molar-refractivity contribution is -0.158. The van der Waals surface area contributed by atoms with Crippen molar-refractivity contribution in [1.82, 2.24) is 38.8 Å². The highest BCUT2D eigenvalue weighted by atomic mass is 32.2. The Labute approximate surface area is 357 Å². The molecule has 4 atom stereocenters. The van der Waals surface area contributed by atoms with Gasteiger partial charge in [0.2, 0.25) is 0 Å². The molecule has 6 aliphatic rings. The van der Waals surface area contributed by atoms with Crippen LogP contribution in [0.1, 0.15) is 80.8 Å². The predicted octanol–water partition coefficient (Wildman–Crippen LogP) is 1.12. The monoisotopic (exact) mass is 878 g/mol. The molecule has 0 aromatic heterocycles. The lowest BCUT2D eigenvalue weighted by Crippen LogP contribution is -2.73. The topological polar surface area (TPSA) is 230 Å². The van der Waals surface area contributed by atoms with Gasteiger partial charge in [-0.2, -0.15) is 36.0 Å². The smallest absolute Gasteiger partial charge is 0.337 e. The van der Waals surface area contributed by atoms with Gasteiger partial charge in [-0.15, -0.1) is 0 Å². The maximum atomic E-state index is 13.0. The number of hydrogen-bond donors (Lipinski definition) is 4. The van der Waals surface area contributed by atoms with Gasteiger partial charge in [0, 0.05) is 88.4 Å². The first-order chi connectivity index (χ1) is 29.3. The Balaban J connectivity index is 0.723. The minimum atomic E-state index is -4.33. The summed E-state index contributed by atoms with van der Waals surface area (Å²) < 4.78 is 54.1. The summed E-state index contributed by atoms with van der Waals surface area (Å²) >= 11 is 0. The summed E-state index contributed by atoms with van der Waals surface area (Å²) in [6.45, 7) is 2.90. The zero-order chi connectivity index (χ0) is 42.8. The summed E-state index contributed by atoms with van der Waals surface area (Å²) in [5.74, 6) is -1.59. The minimum absolute atomic E-state index is 0.0195. The van der Waals surface area contributed by atoms with Crippen LogP contribution < -0.4 is 20.4 Å². The van der Waals surface area contributed by atoms with Gasteiger partial charge in [-0.1, -0.05) is 60.7 Å². The number of nitrogens with one attached hydrogen (secondary N) is 4. The first-order valence-electron chi connectivity index (χ1n) is 21.1. The first-order valence-corrected chi connectivity index (χ1v) is 24.0. The SMILES string of the molecule is N#CCC1(N2CCC(N[C@@H]3C[C@H]3c3ccccc3)CC2)CN(S(=O)(=O)NOC(=O)CC(=O)ONS(=O)(=O)N2CC(CC#N)(N3CCC(N[C@@H]4C[C@H]4c4ccccc4)CC3)C2)C1. The lowest BCUT2D eigenvalue weighted by Gasteiger charge is -2.55. The third-order valence-corrected chi connectivity index (χ3v) is 15.9. The molecule has 0 spiro atoms. The molecule has 20 heteroatoms. The lowest BCUT2D eigenvalue weighted by atomic mass is 9.84. The Morgan fingerprint density at radius 2 is 0.984 bits per heavy atom. The van der Waals surface area contributed by atoms with Crippen LogP contribution in [0.4, 0.5) is 0 Å². The van der Waals surface area contributed by atoms with Crippen LogP contribution in [0.5, 0.6) is 0 Å². The van der Waals surface area contributed by atoms with E-state index in [1.54, 1.807) is 9.77 Å². The molecule has 0 unspecified atom stereocenters. The number of nitrogens with zero attached hydrogens (tertiary/aromatic N) is 6. The fourth-order valence-electron chi connectivity index (χ4n) is 9.74. The largest absolute Gasteiger partial charge is 0.354 e. The molecule has 0 amide bonds. The van der Waals surface area contributed by atoms with Gasteiger partial charge in [-0.25, -0.2) is 9.59 Å². The normalized spacial score (nSPS) is 27.1. The minimum Gasteiger partial charge on any atom is -0.354 e. The van der Waals surface area contributed by atoms with Crippen molar-refractivity contribution in [3.8, 4) is 12.1 Å². The number of hydrogen-bond acceptors (Lipinski definition) is 14. The maximum absolute atomic E-state index is 13.0. The molecule has 4 aliphatic heterocycles. The molecule has 328 valence electrons. The molecular weight excluding hydrogens is 825 g/mol. The van der Waals surface area contributed by atoms with Gasteiger partial charge in [0.05, 0.1) is 36.1 Å². The molecule has 2 aliphatic carbocycles. The zero-order valence-corrected chi connectivity index (χ0v) is 35.7. The fourth-order valence-corrected chi connectivity index (χ4v) is 12.0. The van der Waals surface area contributed by atoms with Crippen LogP contribution in [0.15, 0.2) is 60.7 Å². The van der Waals surface area contributed by atoms with E-state index in [0.717, 1.165) is 47.1 Å². The summed E-state index contributed by atoms with van der Waals surface area (Å²) in [4.78, 5) is 41.9. The van der Waals surface area contributed by atoms with E-state index >= 15 is 0 Å². The van der Waals surface area contributed by atoms with E-state index in [-0.39, 0.29) is 39.0 Å². The molecule has 0 radical (unpaired) electrons. The van der Waals surface area contributed by atoms with Gasteiger partial charge in [-0.3, -0.25) is 9.80 Å². The molecule has 18 nitrogen and oxygen atoms in total. The molecular formula is C41H54N10O8S2. The maximum Gasteiger partial charge on any atom is 0.337 e. The predicted molar refractivity (Wildman–Crippen MR) is 221 cm³/mol. The summed E-state index contributed by atoms with van der Waals surface area (Å²) in [6.07, 6.45) is 4.85. The average molecular weight is 879 g/mol. The van der Waals surface area contributed by atoms with Gasteiger partial charge in [0.1, 0.15) is 6.42 Å². The van der Waals surface area contributed by atoms with Crippen molar-refractivity contribution in [3.05, 3.63) is 71.8 Å². The van der Waals surface area contributed by atoms with Gasteiger partial charge >= 0.3 is 32.4 Å². The molecule has 8 rings (SSSR count). The quantitative estimate of drug-likeness (QED) is 0.122. The number of nitriles is 2. The second-order valence-corrected chi connectivity index (χ2v) is 20.8. The van der Waals surface area contributed by atoms with Crippen molar-refractivity contribution in [2.45, 2.75) is 105 Å². The molecule has 2 saturated carbocycles. The second kappa shape index (κ2) is 18.0. The number of benzene rings is 2.